The largest absolute Gasteiger partial charge is 0.460 e. The lowest BCUT2D eigenvalue weighted by atomic mass is 9.83. The summed E-state index contributed by atoms with van der Waals surface area (Å²) in [6.07, 6.45) is -11.4. The van der Waals surface area contributed by atoms with E-state index in [4.69, 9.17) is 52.5 Å². The maximum atomic E-state index is 14.2. The highest BCUT2D eigenvalue weighted by Gasteiger charge is 3.00. The number of hydrogen-bond acceptors (Lipinski definition) is 12. The monoisotopic (exact) mass is 1250 g/mol. The summed E-state index contributed by atoms with van der Waals surface area (Å²) in [5, 5.41) is 8.56. The zero-order valence-corrected chi connectivity index (χ0v) is 39.9. The predicted molar refractivity (Wildman–Crippen MR) is 201 cm³/mol. The number of hydrogen-bond donors (Lipinski definition) is 1. The first-order valence-corrected chi connectivity index (χ1v) is 21.8. The molecular weight excluding hydrogens is 1200 g/mol. The van der Waals surface area contributed by atoms with Crippen LogP contribution >= 0.6 is 0 Å². The summed E-state index contributed by atoms with van der Waals surface area (Å²) in [5.41, 5.74) is 0. The third-order valence-corrected chi connectivity index (χ3v) is 9.67. The SMILES string of the molecule is OCCOCCOCCOCCOCCOCCOCCOCCOCCOCCOCCOCCC(F)(F)C(F)(F)C(F)(F)C(F)(F)C(F)(F)C(F)(F)C(F)(F)C(F)(F)C(F)(F)C(F)(F)C(F)(F)C(F)(F)C(F)(F)C(F)(F)F. The molecule has 0 bridgehead atoms. The lowest BCUT2D eigenvalue weighted by molar-refractivity contribution is -0.487. The summed E-state index contributed by atoms with van der Waals surface area (Å²) in [7, 11) is 0. The van der Waals surface area contributed by atoms with Crippen molar-refractivity contribution < 1.29 is 185 Å². The van der Waals surface area contributed by atoms with Crippen molar-refractivity contribution in [3.8, 4) is 0 Å². The maximum absolute atomic E-state index is 14.2. The molecule has 0 saturated carbocycles. The van der Waals surface area contributed by atoms with Gasteiger partial charge in [0.1, 0.15) is 0 Å². The van der Waals surface area contributed by atoms with Gasteiger partial charge in [0.2, 0.25) is 0 Å². The fourth-order valence-corrected chi connectivity index (χ4v) is 5.10. The molecule has 79 heavy (non-hydrogen) atoms. The van der Waals surface area contributed by atoms with E-state index in [0.717, 1.165) is 0 Å². The molecule has 0 fully saturated rings. The van der Waals surface area contributed by atoms with Crippen molar-refractivity contribution in [2.75, 3.05) is 152 Å². The molecule has 0 rings (SSSR count). The van der Waals surface area contributed by atoms with Crippen LogP contribution in [0.4, 0.5) is 127 Å². The first-order valence-electron chi connectivity index (χ1n) is 21.8. The van der Waals surface area contributed by atoms with Crippen molar-refractivity contribution in [2.24, 2.45) is 0 Å². The lowest BCUT2D eigenvalue weighted by Gasteiger charge is -2.46. The molecule has 0 aromatic rings. The van der Waals surface area contributed by atoms with E-state index in [2.05, 4.69) is 4.74 Å². The second-order valence-electron chi connectivity index (χ2n) is 15.3. The van der Waals surface area contributed by atoms with Gasteiger partial charge in [-0.05, 0) is 0 Å². The Morgan fingerprint density at radius 1 is 0.177 bits per heavy atom. The molecule has 0 aromatic carbocycles. The lowest BCUT2D eigenvalue weighted by Crippen LogP contribution is -2.79. The second-order valence-corrected chi connectivity index (χ2v) is 15.3. The summed E-state index contributed by atoms with van der Waals surface area (Å²) in [6.45, 7) is -0.379. The molecule has 0 unspecified atom stereocenters. The van der Waals surface area contributed by atoms with Crippen LogP contribution < -0.4 is 0 Å². The predicted octanol–water partition coefficient (Wildman–Crippen LogP) is 9.37. The Morgan fingerprint density at radius 3 is 0.481 bits per heavy atom. The number of rotatable bonds is 47. The molecule has 0 heterocycles. The molecular formula is C38H49F29O12. The number of aliphatic hydroxyl groups excluding tert-OH is 1. The normalized spacial score (nSPS) is 15.0. The van der Waals surface area contributed by atoms with Crippen LogP contribution in [0.3, 0.4) is 0 Å². The van der Waals surface area contributed by atoms with E-state index in [9.17, 15) is 127 Å². The number of aliphatic hydroxyl groups is 1. The van der Waals surface area contributed by atoms with Gasteiger partial charge in [0.25, 0.3) is 0 Å². The quantitative estimate of drug-likeness (QED) is 0.0462. The van der Waals surface area contributed by atoms with Gasteiger partial charge in [-0.25, -0.2) is 0 Å². The standard InChI is InChI=1S/C38H49F29O12/c39-25(40,1-3-69-5-7-71-9-11-73-13-15-75-17-19-77-21-23-79-24-22-78-20-18-76-16-14-74-12-10-72-8-6-70-4-2-68)26(41,42)27(43,44)28(45,46)29(47,48)30(49,50)31(51,52)32(53,54)33(55,56)34(57,58)35(59,60)36(61,62)37(63,64)38(65,66)67/h68H,1-24H2. The Balaban J connectivity index is 4.87. The second kappa shape index (κ2) is 30.9. The summed E-state index contributed by atoms with van der Waals surface area (Å²) in [5.74, 6) is -121. The number of alkyl halides is 29. The van der Waals surface area contributed by atoms with Crippen LogP contribution in [0, 0.1) is 0 Å². The Labute approximate surface area is 426 Å². The smallest absolute Gasteiger partial charge is 0.394 e. The van der Waals surface area contributed by atoms with E-state index in [1.807, 2.05) is 0 Å². The topological polar surface area (TPSA) is 122 Å². The Hall–Kier alpha value is -2.51. The molecule has 0 aliphatic carbocycles. The van der Waals surface area contributed by atoms with Gasteiger partial charge in [-0.2, -0.15) is 127 Å². The minimum Gasteiger partial charge on any atom is -0.394 e. The molecule has 1 N–H and O–H groups in total. The average molecular weight is 1250 g/mol. The highest BCUT2D eigenvalue weighted by Crippen LogP contribution is 2.69. The van der Waals surface area contributed by atoms with E-state index in [-0.39, 0.29) is 79.3 Å². The minimum atomic E-state index is -9.97. The van der Waals surface area contributed by atoms with Gasteiger partial charge in [-0.3, -0.25) is 0 Å². The van der Waals surface area contributed by atoms with Crippen molar-refractivity contribution in [2.45, 2.75) is 89.6 Å². The van der Waals surface area contributed by atoms with Gasteiger partial charge in [0, 0.05) is 6.42 Å². The van der Waals surface area contributed by atoms with Crippen molar-refractivity contribution in [1.29, 1.82) is 0 Å². The molecule has 12 nitrogen and oxygen atoms in total. The Kier molecular flexibility index (Phi) is 29.9. The highest BCUT2D eigenvalue weighted by molar-refractivity contribution is 5.21. The molecule has 0 aliphatic rings. The van der Waals surface area contributed by atoms with Crippen LogP contribution in [0.5, 0.6) is 0 Å². The first-order chi connectivity index (χ1) is 35.8. The van der Waals surface area contributed by atoms with Crippen LogP contribution in [0.2, 0.25) is 0 Å². The van der Waals surface area contributed by atoms with Crippen molar-refractivity contribution in [1.82, 2.24) is 0 Å². The van der Waals surface area contributed by atoms with Crippen LogP contribution in [0.25, 0.3) is 0 Å². The summed E-state index contributed by atoms with van der Waals surface area (Å²) < 4.78 is 454. The highest BCUT2D eigenvalue weighted by atomic mass is 19.4. The minimum absolute atomic E-state index is 0.00944. The zero-order chi connectivity index (χ0) is 61.7. The molecule has 0 aliphatic heterocycles. The summed E-state index contributed by atoms with van der Waals surface area (Å²) in [6, 6.07) is 0. The zero-order valence-electron chi connectivity index (χ0n) is 39.9. The van der Waals surface area contributed by atoms with Crippen LogP contribution in [0.1, 0.15) is 6.42 Å². The van der Waals surface area contributed by atoms with Gasteiger partial charge in [0.05, 0.1) is 152 Å². The molecule has 0 radical (unpaired) electrons. The van der Waals surface area contributed by atoms with Crippen molar-refractivity contribution in [3.63, 3.8) is 0 Å². The van der Waals surface area contributed by atoms with Gasteiger partial charge >= 0.3 is 83.2 Å². The van der Waals surface area contributed by atoms with E-state index >= 15 is 0 Å². The van der Waals surface area contributed by atoms with Gasteiger partial charge < -0.3 is 57.2 Å². The van der Waals surface area contributed by atoms with Crippen LogP contribution in [-0.4, -0.2) is 240 Å². The van der Waals surface area contributed by atoms with Crippen LogP contribution in [-0.2, 0) is 52.1 Å². The van der Waals surface area contributed by atoms with Crippen molar-refractivity contribution >= 4 is 0 Å². The molecule has 0 saturated heterocycles. The number of halogens is 29. The molecule has 0 amide bonds. The van der Waals surface area contributed by atoms with Gasteiger partial charge in [-0.15, -0.1) is 0 Å². The third-order valence-electron chi connectivity index (χ3n) is 9.67. The van der Waals surface area contributed by atoms with Gasteiger partial charge in [-0.1, -0.05) is 0 Å². The fourth-order valence-electron chi connectivity index (χ4n) is 5.10. The summed E-state index contributed by atoms with van der Waals surface area (Å²) in [4.78, 5) is 0. The Morgan fingerprint density at radius 2 is 0.316 bits per heavy atom. The van der Waals surface area contributed by atoms with Gasteiger partial charge in [0.15, 0.2) is 0 Å². The number of ether oxygens (including phenoxy) is 11. The van der Waals surface area contributed by atoms with E-state index in [0.29, 0.717) is 52.9 Å². The summed E-state index contributed by atoms with van der Waals surface area (Å²) >= 11 is 0. The molecule has 41 heteroatoms. The molecule has 0 atom stereocenters. The molecule has 0 spiro atoms. The third kappa shape index (κ3) is 17.8. The average Bonchev–Trinajstić information content (AvgIpc) is 3.32. The van der Waals surface area contributed by atoms with E-state index in [1.54, 1.807) is 0 Å². The van der Waals surface area contributed by atoms with E-state index in [1.165, 1.54) is 0 Å². The fraction of sp³-hybridized carbons (Fsp3) is 1.00. The first kappa shape index (κ1) is 76.5. The maximum Gasteiger partial charge on any atom is 0.460 e. The van der Waals surface area contributed by atoms with Crippen LogP contribution in [0.15, 0.2) is 0 Å². The van der Waals surface area contributed by atoms with Crippen molar-refractivity contribution in [3.05, 3.63) is 0 Å². The Bertz CT molecular complexity index is 1690. The molecule has 0 aromatic heterocycles. The molecule has 476 valence electrons. The van der Waals surface area contributed by atoms with E-state index < -0.39 is 109 Å².